The summed E-state index contributed by atoms with van der Waals surface area (Å²) in [5.41, 5.74) is 0.252. The summed E-state index contributed by atoms with van der Waals surface area (Å²) in [6.45, 7) is 0. The van der Waals surface area contributed by atoms with Gasteiger partial charge in [0.2, 0.25) is 0 Å². The monoisotopic (exact) mass is 262 g/mol. The van der Waals surface area contributed by atoms with Gasteiger partial charge in [0, 0.05) is 22.5 Å². The first kappa shape index (κ1) is 13.2. The Morgan fingerprint density at radius 2 is 2.06 bits per heavy atom. The Hall–Kier alpha value is -0.880. The average Bonchev–Trinajstić information content (AvgIpc) is 2.14. The summed E-state index contributed by atoms with van der Waals surface area (Å²) >= 11 is 1.21. The van der Waals surface area contributed by atoms with Crippen LogP contribution in [0.15, 0.2) is 23.1 Å². The summed E-state index contributed by atoms with van der Waals surface area (Å²) in [5.74, 6) is -0.114. The van der Waals surface area contributed by atoms with Crippen LogP contribution in [0, 0.1) is 5.82 Å². The van der Waals surface area contributed by atoms with E-state index in [0.29, 0.717) is 16.9 Å². The Bertz CT molecular complexity index is 483. The fraction of sp³-hybridized carbons (Fsp3) is 0.300. The van der Waals surface area contributed by atoms with Crippen LogP contribution in [-0.4, -0.2) is 32.5 Å². The molecule has 1 aromatic rings. The van der Waals surface area contributed by atoms with Gasteiger partial charge in [-0.05, 0) is 18.2 Å². The third kappa shape index (κ3) is 4.76. The molecule has 0 amide bonds. The quantitative estimate of drug-likeness (QED) is 0.599. The fourth-order valence-electron chi connectivity index (χ4n) is 1.05. The van der Waals surface area contributed by atoms with Gasteiger partial charge in [0.15, 0.2) is 0 Å². The second-order valence-corrected chi connectivity index (χ2v) is 6.74. The van der Waals surface area contributed by atoms with E-state index in [1.807, 2.05) is 0 Å². The van der Waals surface area contributed by atoms with E-state index in [0.717, 1.165) is 12.3 Å². The highest BCUT2D eigenvalue weighted by Gasteiger charge is 2.04. The molecule has 0 fully saturated rings. The van der Waals surface area contributed by atoms with Crippen LogP contribution in [0.3, 0.4) is 0 Å². The minimum Gasteiger partial charge on any atom is -0.298 e. The molecule has 0 saturated heterocycles. The molecular weight excluding hydrogens is 251 g/mol. The Kier molecular flexibility index (Phi) is 4.49. The van der Waals surface area contributed by atoms with Gasteiger partial charge >= 0.3 is 0 Å². The van der Waals surface area contributed by atoms with E-state index in [4.69, 9.17) is 0 Å². The van der Waals surface area contributed by atoms with E-state index in [1.165, 1.54) is 23.9 Å². The van der Waals surface area contributed by atoms with Crippen molar-refractivity contribution in [1.82, 2.24) is 0 Å². The minimum absolute atomic E-state index is 0.0323. The molecule has 0 spiro atoms. The van der Waals surface area contributed by atoms with Gasteiger partial charge in [0.25, 0.3) is 0 Å². The van der Waals surface area contributed by atoms with Crippen LogP contribution < -0.4 is 0 Å². The molecule has 0 N–H and O–H groups in total. The van der Waals surface area contributed by atoms with Crippen molar-refractivity contribution < 1.29 is 17.6 Å². The second kappa shape index (κ2) is 5.45. The van der Waals surface area contributed by atoms with Crippen molar-refractivity contribution in [2.75, 3.05) is 17.8 Å². The summed E-state index contributed by atoms with van der Waals surface area (Å²) < 4.78 is 34.7. The molecule has 0 radical (unpaired) electrons. The van der Waals surface area contributed by atoms with Crippen molar-refractivity contribution in [2.45, 2.75) is 4.90 Å². The maximum Gasteiger partial charge on any atom is 0.150 e. The number of sulfone groups is 1. The number of carbonyl (C=O) groups excluding carboxylic acids is 1. The van der Waals surface area contributed by atoms with Gasteiger partial charge in [-0.15, -0.1) is 11.8 Å². The SMILES string of the molecule is CS(=O)(=O)CCSc1cc(F)cc(C=O)c1. The van der Waals surface area contributed by atoms with E-state index < -0.39 is 15.7 Å². The van der Waals surface area contributed by atoms with Crippen LogP contribution >= 0.6 is 11.8 Å². The Balaban J connectivity index is 2.67. The standard InChI is InChI=1S/C10H11FO3S2/c1-16(13,14)3-2-15-10-5-8(7-12)4-9(11)6-10/h4-7H,2-3H2,1H3. The van der Waals surface area contributed by atoms with Gasteiger partial charge < -0.3 is 0 Å². The number of thioether (sulfide) groups is 1. The number of hydrogen-bond donors (Lipinski definition) is 0. The number of benzene rings is 1. The molecule has 88 valence electrons. The highest BCUT2D eigenvalue weighted by Crippen LogP contribution is 2.20. The first-order valence-corrected chi connectivity index (χ1v) is 7.51. The minimum atomic E-state index is -3.00. The fourth-order valence-corrected chi connectivity index (χ4v) is 3.24. The average molecular weight is 262 g/mol. The van der Waals surface area contributed by atoms with Crippen LogP contribution in [0.1, 0.15) is 10.4 Å². The number of aldehydes is 1. The summed E-state index contributed by atoms with van der Waals surface area (Å²) in [6.07, 6.45) is 1.71. The molecule has 0 aliphatic carbocycles. The van der Waals surface area contributed by atoms with Crippen LogP contribution in [0.2, 0.25) is 0 Å². The van der Waals surface area contributed by atoms with Crippen molar-refractivity contribution in [1.29, 1.82) is 0 Å². The van der Waals surface area contributed by atoms with Crippen LogP contribution in [0.25, 0.3) is 0 Å². The predicted molar refractivity (Wildman–Crippen MR) is 62.2 cm³/mol. The highest BCUT2D eigenvalue weighted by atomic mass is 32.2. The third-order valence-electron chi connectivity index (χ3n) is 1.75. The molecule has 0 aromatic heterocycles. The predicted octanol–water partition coefficient (Wildman–Crippen LogP) is 1.77. The lowest BCUT2D eigenvalue weighted by atomic mass is 10.2. The van der Waals surface area contributed by atoms with Crippen molar-refractivity contribution >= 4 is 27.9 Å². The molecule has 0 bridgehead atoms. The van der Waals surface area contributed by atoms with Gasteiger partial charge in [-0.3, -0.25) is 4.79 Å². The van der Waals surface area contributed by atoms with Crippen molar-refractivity contribution in [2.24, 2.45) is 0 Å². The van der Waals surface area contributed by atoms with Crippen LogP contribution in [-0.2, 0) is 9.84 Å². The maximum atomic E-state index is 13.0. The highest BCUT2D eigenvalue weighted by molar-refractivity contribution is 8.00. The van der Waals surface area contributed by atoms with Gasteiger partial charge in [0.05, 0.1) is 5.75 Å². The van der Waals surface area contributed by atoms with E-state index in [2.05, 4.69) is 0 Å². The summed E-state index contributed by atoms with van der Waals surface area (Å²) in [5, 5.41) is 0. The zero-order chi connectivity index (χ0) is 12.2. The molecule has 0 aliphatic rings. The Morgan fingerprint density at radius 1 is 1.38 bits per heavy atom. The van der Waals surface area contributed by atoms with Gasteiger partial charge in [-0.1, -0.05) is 0 Å². The lowest BCUT2D eigenvalue weighted by Crippen LogP contribution is -2.04. The molecule has 1 aromatic carbocycles. The molecule has 6 heteroatoms. The summed E-state index contributed by atoms with van der Waals surface area (Å²) in [7, 11) is -3.00. The van der Waals surface area contributed by atoms with Gasteiger partial charge in [0.1, 0.15) is 21.9 Å². The normalized spacial score (nSPS) is 11.4. The molecule has 0 aliphatic heterocycles. The maximum absolute atomic E-state index is 13.0. The van der Waals surface area contributed by atoms with Crippen LogP contribution in [0.4, 0.5) is 4.39 Å². The van der Waals surface area contributed by atoms with E-state index in [-0.39, 0.29) is 11.3 Å². The van der Waals surface area contributed by atoms with Crippen LogP contribution in [0.5, 0.6) is 0 Å². The smallest absolute Gasteiger partial charge is 0.150 e. The molecule has 0 atom stereocenters. The molecule has 0 saturated carbocycles. The van der Waals surface area contributed by atoms with E-state index in [9.17, 15) is 17.6 Å². The molecule has 0 heterocycles. The van der Waals surface area contributed by atoms with Crippen molar-refractivity contribution in [3.63, 3.8) is 0 Å². The second-order valence-electron chi connectivity index (χ2n) is 3.32. The number of halogens is 1. The summed E-state index contributed by atoms with van der Waals surface area (Å²) in [4.78, 5) is 11.0. The lowest BCUT2D eigenvalue weighted by molar-refractivity contribution is 0.112. The Morgan fingerprint density at radius 3 is 2.62 bits per heavy atom. The molecule has 1 rings (SSSR count). The van der Waals surface area contributed by atoms with Gasteiger partial charge in [-0.25, -0.2) is 12.8 Å². The molecule has 3 nitrogen and oxygen atoms in total. The molecule has 16 heavy (non-hydrogen) atoms. The first-order chi connectivity index (χ1) is 7.40. The Labute approximate surface area is 98.0 Å². The summed E-state index contributed by atoms with van der Waals surface area (Å²) in [6, 6.07) is 3.94. The zero-order valence-electron chi connectivity index (χ0n) is 8.64. The first-order valence-electron chi connectivity index (χ1n) is 4.47. The van der Waals surface area contributed by atoms with Gasteiger partial charge in [-0.2, -0.15) is 0 Å². The van der Waals surface area contributed by atoms with Crippen molar-refractivity contribution in [3.05, 3.63) is 29.6 Å². The molecular formula is C10H11FO3S2. The van der Waals surface area contributed by atoms with Crippen molar-refractivity contribution in [3.8, 4) is 0 Å². The topological polar surface area (TPSA) is 51.2 Å². The zero-order valence-corrected chi connectivity index (χ0v) is 10.3. The number of rotatable bonds is 5. The largest absolute Gasteiger partial charge is 0.298 e. The third-order valence-corrected chi connectivity index (χ3v) is 3.93. The number of hydrogen-bond acceptors (Lipinski definition) is 4. The van der Waals surface area contributed by atoms with E-state index >= 15 is 0 Å². The lowest BCUT2D eigenvalue weighted by Gasteiger charge is -2.02. The number of carbonyl (C=O) groups is 1. The van der Waals surface area contributed by atoms with E-state index in [1.54, 1.807) is 0 Å². The molecule has 0 unspecified atom stereocenters.